The van der Waals surface area contributed by atoms with Gasteiger partial charge in [-0.1, -0.05) is 12.1 Å². The Balaban J connectivity index is 2.38. The standard InChI is InChI=1S/C11H11FN2OS/c1-7(15)8-3-2-4-9(12)10(8)16-11-13-5-6-14-11/h2-7,15H,1H3,(H,13,14). The molecule has 84 valence electrons. The summed E-state index contributed by atoms with van der Waals surface area (Å²) in [6, 6.07) is 4.67. The zero-order chi connectivity index (χ0) is 11.5. The lowest BCUT2D eigenvalue weighted by Crippen LogP contribution is -1.96. The Morgan fingerprint density at radius 3 is 2.94 bits per heavy atom. The maximum absolute atomic E-state index is 13.6. The highest BCUT2D eigenvalue weighted by molar-refractivity contribution is 7.99. The molecule has 0 aliphatic carbocycles. The maximum Gasteiger partial charge on any atom is 0.170 e. The van der Waals surface area contributed by atoms with E-state index in [-0.39, 0.29) is 5.82 Å². The van der Waals surface area contributed by atoms with Gasteiger partial charge in [0.2, 0.25) is 0 Å². The average Bonchev–Trinajstić information content (AvgIpc) is 2.73. The SMILES string of the molecule is CC(O)c1cccc(F)c1Sc1ncc[nH]1. The third-order valence-corrected chi connectivity index (χ3v) is 3.17. The second-order valence-corrected chi connectivity index (χ2v) is 4.33. The van der Waals surface area contributed by atoms with Crippen molar-refractivity contribution < 1.29 is 9.50 Å². The molecule has 5 heteroatoms. The van der Waals surface area contributed by atoms with Crippen molar-refractivity contribution in [1.29, 1.82) is 0 Å². The van der Waals surface area contributed by atoms with Crippen molar-refractivity contribution in [2.24, 2.45) is 0 Å². The minimum absolute atomic E-state index is 0.347. The predicted molar refractivity (Wildman–Crippen MR) is 59.7 cm³/mol. The van der Waals surface area contributed by atoms with Crippen LogP contribution in [0.4, 0.5) is 4.39 Å². The van der Waals surface area contributed by atoms with E-state index in [0.29, 0.717) is 15.6 Å². The molecule has 2 N–H and O–H groups in total. The topological polar surface area (TPSA) is 48.9 Å². The highest BCUT2D eigenvalue weighted by Crippen LogP contribution is 2.33. The Kier molecular flexibility index (Phi) is 3.26. The molecule has 0 saturated heterocycles. The first kappa shape index (κ1) is 11.2. The van der Waals surface area contributed by atoms with Crippen LogP contribution in [0.25, 0.3) is 0 Å². The van der Waals surface area contributed by atoms with E-state index in [9.17, 15) is 9.50 Å². The van der Waals surface area contributed by atoms with Gasteiger partial charge in [0.1, 0.15) is 5.82 Å². The molecule has 2 aromatic rings. The molecular formula is C11H11FN2OS. The van der Waals surface area contributed by atoms with E-state index in [1.807, 2.05) is 0 Å². The number of imidazole rings is 1. The fourth-order valence-corrected chi connectivity index (χ4v) is 2.32. The molecule has 3 nitrogen and oxygen atoms in total. The summed E-state index contributed by atoms with van der Waals surface area (Å²) >= 11 is 1.17. The number of rotatable bonds is 3. The molecule has 0 saturated carbocycles. The van der Waals surface area contributed by atoms with Crippen molar-refractivity contribution in [3.63, 3.8) is 0 Å². The normalized spacial score (nSPS) is 12.7. The Bertz CT molecular complexity index is 471. The van der Waals surface area contributed by atoms with Gasteiger partial charge in [0.15, 0.2) is 5.16 Å². The Morgan fingerprint density at radius 2 is 2.31 bits per heavy atom. The summed E-state index contributed by atoms with van der Waals surface area (Å²) in [4.78, 5) is 7.30. The lowest BCUT2D eigenvalue weighted by atomic mass is 10.1. The van der Waals surface area contributed by atoms with Crippen LogP contribution in [-0.4, -0.2) is 15.1 Å². The molecule has 0 radical (unpaired) electrons. The minimum atomic E-state index is -0.701. The predicted octanol–water partition coefficient (Wildman–Crippen LogP) is 2.75. The first-order chi connectivity index (χ1) is 7.68. The number of halogens is 1. The summed E-state index contributed by atoms with van der Waals surface area (Å²) in [6.07, 6.45) is 2.57. The fraction of sp³-hybridized carbons (Fsp3) is 0.182. The minimum Gasteiger partial charge on any atom is -0.389 e. The molecule has 16 heavy (non-hydrogen) atoms. The molecule has 1 atom stereocenters. The summed E-state index contributed by atoms with van der Waals surface area (Å²) < 4.78 is 13.6. The number of aliphatic hydroxyl groups is 1. The van der Waals surface area contributed by atoms with Crippen molar-refractivity contribution in [2.45, 2.75) is 23.1 Å². The molecule has 2 rings (SSSR count). The van der Waals surface area contributed by atoms with Gasteiger partial charge >= 0.3 is 0 Å². The quantitative estimate of drug-likeness (QED) is 0.864. The first-order valence-corrected chi connectivity index (χ1v) is 5.64. The lowest BCUT2D eigenvalue weighted by molar-refractivity contribution is 0.195. The van der Waals surface area contributed by atoms with Crippen molar-refractivity contribution in [3.05, 3.63) is 42.0 Å². The first-order valence-electron chi connectivity index (χ1n) is 4.82. The van der Waals surface area contributed by atoms with Crippen LogP contribution in [0.2, 0.25) is 0 Å². The Morgan fingerprint density at radius 1 is 1.50 bits per heavy atom. The van der Waals surface area contributed by atoms with Gasteiger partial charge in [0.05, 0.1) is 11.0 Å². The second-order valence-electron chi connectivity index (χ2n) is 3.33. The third kappa shape index (κ3) is 2.25. The number of aromatic amines is 1. The van der Waals surface area contributed by atoms with E-state index < -0.39 is 6.10 Å². The Labute approximate surface area is 96.7 Å². The zero-order valence-corrected chi connectivity index (χ0v) is 9.46. The van der Waals surface area contributed by atoms with Gasteiger partial charge in [0.25, 0.3) is 0 Å². The molecule has 1 heterocycles. The van der Waals surface area contributed by atoms with Crippen molar-refractivity contribution in [1.82, 2.24) is 9.97 Å². The van der Waals surface area contributed by atoms with Crippen LogP contribution in [0, 0.1) is 5.82 Å². The van der Waals surface area contributed by atoms with E-state index in [2.05, 4.69) is 9.97 Å². The second kappa shape index (κ2) is 4.67. The summed E-state index contributed by atoms with van der Waals surface area (Å²) in [7, 11) is 0. The van der Waals surface area contributed by atoms with E-state index in [1.54, 1.807) is 31.5 Å². The number of aromatic nitrogens is 2. The highest BCUT2D eigenvalue weighted by Gasteiger charge is 2.14. The molecule has 0 fully saturated rings. The van der Waals surface area contributed by atoms with Crippen LogP contribution < -0.4 is 0 Å². The monoisotopic (exact) mass is 238 g/mol. The molecule has 1 unspecified atom stereocenters. The molecule has 1 aromatic carbocycles. The van der Waals surface area contributed by atoms with Gasteiger partial charge in [-0.25, -0.2) is 9.37 Å². The number of hydrogen-bond donors (Lipinski definition) is 2. The van der Waals surface area contributed by atoms with Crippen LogP contribution in [0.15, 0.2) is 40.6 Å². The van der Waals surface area contributed by atoms with E-state index in [4.69, 9.17) is 0 Å². The molecule has 0 aliphatic heterocycles. The van der Waals surface area contributed by atoms with Crippen LogP contribution in [-0.2, 0) is 0 Å². The summed E-state index contributed by atoms with van der Waals surface area (Å²) in [5.74, 6) is -0.347. The molecule has 0 spiro atoms. The van der Waals surface area contributed by atoms with Crippen LogP contribution >= 0.6 is 11.8 Å². The van der Waals surface area contributed by atoms with Gasteiger partial charge in [-0.15, -0.1) is 0 Å². The largest absolute Gasteiger partial charge is 0.389 e. The summed E-state index contributed by atoms with van der Waals surface area (Å²) in [5.41, 5.74) is 0.571. The third-order valence-electron chi connectivity index (χ3n) is 2.12. The van der Waals surface area contributed by atoms with E-state index in [0.717, 1.165) is 0 Å². The molecule has 0 aliphatic rings. The van der Waals surface area contributed by atoms with Crippen LogP contribution in [0.5, 0.6) is 0 Å². The van der Waals surface area contributed by atoms with Gasteiger partial charge < -0.3 is 10.1 Å². The molecule has 0 amide bonds. The number of nitrogens with one attached hydrogen (secondary N) is 1. The fourth-order valence-electron chi connectivity index (χ4n) is 1.37. The lowest BCUT2D eigenvalue weighted by Gasteiger charge is -2.10. The smallest absolute Gasteiger partial charge is 0.170 e. The van der Waals surface area contributed by atoms with Gasteiger partial charge in [-0.2, -0.15) is 0 Å². The maximum atomic E-state index is 13.6. The van der Waals surface area contributed by atoms with Gasteiger partial charge in [0, 0.05) is 12.4 Å². The number of H-pyrrole nitrogens is 1. The van der Waals surface area contributed by atoms with Crippen LogP contribution in [0.1, 0.15) is 18.6 Å². The average molecular weight is 238 g/mol. The Hall–Kier alpha value is -1.33. The van der Waals surface area contributed by atoms with Gasteiger partial charge in [-0.3, -0.25) is 0 Å². The van der Waals surface area contributed by atoms with Crippen molar-refractivity contribution in [3.8, 4) is 0 Å². The number of benzene rings is 1. The van der Waals surface area contributed by atoms with Crippen molar-refractivity contribution in [2.75, 3.05) is 0 Å². The number of nitrogens with zero attached hydrogens (tertiary/aromatic N) is 1. The number of hydrogen-bond acceptors (Lipinski definition) is 3. The van der Waals surface area contributed by atoms with E-state index in [1.165, 1.54) is 17.8 Å². The van der Waals surface area contributed by atoms with Crippen molar-refractivity contribution >= 4 is 11.8 Å². The number of aliphatic hydroxyl groups excluding tert-OH is 1. The van der Waals surface area contributed by atoms with E-state index >= 15 is 0 Å². The molecule has 0 bridgehead atoms. The summed E-state index contributed by atoms with van der Waals surface area (Å²) in [6.45, 7) is 1.61. The van der Waals surface area contributed by atoms with Gasteiger partial charge in [-0.05, 0) is 30.3 Å². The molecular weight excluding hydrogens is 227 g/mol. The summed E-state index contributed by atoms with van der Waals surface area (Å²) in [5, 5.41) is 10.2. The molecule has 1 aromatic heterocycles. The highest BCUT2D eigenvalue weighted by atomic mass is 32.2. The van der Waals surface area contributed by atoms with Crippen LogP contribution in [0.3, 0.4) is 0 Å². The zero-order valence-electron chi connectivity index (χ0n) is 8.64.